The number of thioether (sulfide) groups is 1. The van der Waals surface area contributed by atoms with E-state index in [-0.39, 0.29) is 5.54 Å². The molecule has 1 rings (SSSR count). The molecule has 0 aliphatic carbocycles. The summed E-state index contributed by atoms with van der Waals surface area (Å²) in [5.41, 5.74) is 0.149. The fourth-order valence-electron chi connectivity index (χ4n) is 1.43. The summed E-state index contributed by atoms with van der Waals surface area (Å²) in [4.78, 5) is 4.39. The van der Waals surface area contributed by atoms with Crippen LogP contribution < -0.4 is 5.32 Å². The second kappa shape index (κ2) is 6.30. The van der Waals surface area contributed by atoms with Gasteiger partial charge in [-0.3, -0.25) is 0 Å². The first-order valence-corrected chi connectivity index (χ1v) is 7.16. The molecule has 0 aliphatic rings. The molecule has 1 aromatic heterocycles. The number of nitrogens with one attached hydrogen (secondary N) is 1. The van der Waals surface area contributed by atoms with Gasteiger partial charge in [-0.1, -0.05) is 0 Å². The largest absolute Gasteiger partial charge is 0.334 e. The first-order chi connectivity index (χ1) is 7.53. The molecule has 4 heteroatoms. The monoisotopic (exact) mass is 241 g/mol. The molecule has 0 saturated carbocycles. The molecule has 0 aliphatic heterocycles. The van der Waals surface area contributed by atoms with Gasteiger partial charge < -0.3 is 9.88 Å². The Morgan fingerprint density at radius 3 is 2.81 bits per heavy atom. The van der Waals surface area contributed by atoms with E-state index in [9.17, 15) is 0 Å². The van der Waals surface area contributed by atoms with Crippen LogP contribution in [0.2, 0.25) is 0 Å². The lowest BCUT2D eigenvalue weighted by atomic mass is 10.1. The molecule has 0 saturated heterocycles. The Hall–Kier alpha value is -0.480. The Morgan fingerprint density at radius 1 is 1.44 bits per heavy atom. The summed E-state index contributed by atoms with van der Waals surface area (Å²) < 4.78 is 2.24. The third kappa shape index (κ3) is 5.03. The second-order valence-electron chi connectivity index (χ2n) is 4.99. The highest BCUT2D eigenvalue weighted by Gasteiger charge is 2.10. The summed E-state index contributed by atoms with van der Waals surface area (Å²) in [6, 6.07) is 0. The zero-order valence-corrected chi connectivity index (χ0v) is 11.6. The Morgan fingerprint density at radius 2 is 2.19 bits per heavy atom. The molecular formula is C12H23N3S. The van der Waals surface area contributed by atoms with Gasteiger partial charge in [-0.05, 0) is 39.2 Å². The smallest absolute Gasteiger partial charge is 0.122 e. The van der Waals surface area contributed by atoms with Gasteiger partial charge in [0.05, 0.1) is 6.54 Å². The zero-order valence-electron chi connectivity index (χ0n) is 10.8. The van der Waals surface area contributed by atoms with Crippen LogP contribution in [-0.4, -0.2) is 27.1 Å². The average molecular weight is 241 g/mol. The molecule has 0 amide bonds. The quantitative estimate of drug-likeness (QED) is 0.776. The molecule has 0 unspecified atom stereocenters. The van der Waals surface area contributed by atoms with Crippen LogP contribution >= 0.6 is 11.8 Å². The average Bonchev–Trinajstić information content (AvgIpc) is 2.62. The van der Waals surface area contributed by atoms with E-state index in [1.54, 1.807) is 0 Å². The first kappa shape index (κ1) is 13.6. The van der Waals surface area contributed by atoms with Crippen molar-refractivity contribution in [3.63, 3.8) is 0 Å². The lowest BCUT2D eigenvalue weighted by molar-refractivity contribution is 0.411. The molecule has 0 radical (unpaired) electrons. The minimum atomic E-state index is 0.149. The zero-order chi connectivity index (χ0) is 12.0. The molecular weight excluding hydrogens is 218 g/mol. The molecule has 0 spiro atoms. The summed E-state index contributed by atoms with van der Waals surface area (Å²) in [5, 5.41) is 3.47. The summed E-state index contributed by atoms with van der Waals surface area (Å²) in [6.07, 6.45) is 7.31. The van der Waals surface area contributed by atoms with E-state index in [0.717, 1.165) is 18.9 Å². The minimum absolute atomic E-state index is 0.149. The molecule has 0 atom stereocenters. The van der Waals surface area contributed by atoms with E-state index in [2.05, 4.69) is 48.1 Å². The van der Waals surface area contributed by atoms with Gasteiger partial charge in [0, 0.05) is 24.5 Å². The first-order valence-electron chi connectivity index (χ1n) is 5.77. The van der Waals surface area contributed by atoms with E-state index >= 15 is 0 Å². The molecule has 1 aromatic rings. The van der Waals surface area contributed by atoms with Gasteiger partial charge in [0.15, 0.2) is 0 Å². The fourth-order valence-corrected chi connectivity index (χ4v) is 1.85. The fraction of sp³-hybridized carbons (Fsp3) is 0.750. The van der Waals surface area contributed by atoms with Crippen molar-refractivity contribution in [3.05, 3.63) is 18.2 Å². The van der Waals surface area contributed by atoms with E-state index in [4.69, 9.17) is 0 Å². The number of aryl methyl sites for hydroxylation is 1. The third-order valence-electron chi connectivity index (χ3n) is 2.33. The van der Waals surface area contributed by atoms with Gasteiger partial charge in [0.25, 0.3) is 0 Å². The molecule has 3 nitrogen and oxygen atoms in total. The normalized spacial score (nSPS) is 12.0. The Labute approximate surface area is 103 Å². The van der Waals surface area contributed by atoms with Crippen LogP contribution in [0.5, 0.6) is 0 Å². The van der Waals surface area contributed by atoms with Crippen molar-refractivity contribution in [2.75, 3.05) is 12.0 Å². The number of imidazole rings is 1. The minimum Gasteiger partial charge on any atom is -0.334 e. The van der Waals surface area contributed by atoms with Gasteiger partial charge in [-0.2, -0.15) is 11.8 Å². The number of rotatable bonds is 6. The van der Waals surface area contributed by atoms with Gasteiger partial charge in [-0.15, -0.1) is 0 Å². The van der Waals surface area contributed by atoms with Crippen molar-refractivity contribution < 1.29 is 0 Å². The maximum atomic E-state index is 4.39. The van der Waals surface area contributed by atoms with Gasteiger partial charge in [0.1, 0.15) is 5.82 Å². The Balaban J connectivity index is 2.44. The van der Waals surface area contributed by atoms with Gasteiger partial charge in [0.2, 0.25) is 0 Å². The second-order valence-corrected chi connectivity index (χ2v) is 5.97. The van der Waals surface area contributed by atoms with Crippen LogP contribution in [0.1, 0.15) is 33.0 Å². The highest BCUT2D eigenvalue weighted by molar-refractivity contribution is 7.98. The van der Waals surface area contributed by atoms with Crippen LogP contribution in [0.15, 0.2) is 12.4 Å². The topological polar surface area (TPSA) is 29.9 Å². The van der Waals surface area contributed by atoms with Crippen molar-refractivity contribution in [3.8, 4) is 0 Å². The molecule has 16 heavy (non-hydrogen) atoms. The molecule has 92 valence electrons. The molecule has 1 heterocycles. The van der Waals surface area contributed by atoms with Crippen LogP contribution in [0.25, 0.3) is 0 Å². The van der Waals surface area contributed by atoms with Crippen molar-refractivity contribution in [2.24, 2.45) is 0 Å². The maximum absolute atomic E-state index is 4.39. The molecule has 0 aromatic carbocycles. The van der Waals surface area contributed by atoms with Crippen LogP contribution in [0.4, 0.5) is 0 Å². The third-order valence-corrected chi connectivity index (χ3v) is 3.02. The number of hydrogen-bond donors (Lipinski definition) is 1. The van der Waals surface area contributed by atoms with Crippen LogP contribution in [0.3, 0.4) is 0 Å². The predicted octanol–water partition coefficient (Wildman–Crippen LogP) is 2.52. The molecule has 1 N–H and O–H groups in total. The van der Waals surface area contributed by atoms with Crippen molar-refractivity contribution >= 4 is 11.8 Å². The highest BCUT2D eigenvalue weighted by atomic mass is 32.2. The van der Waals surface area contributed by atoms with Crippen LogP contribution in [-0.2, 0) is 13.1 Å². The Bertz CT molecular complexity index is 301. The Kier molecular flexibility index (Phi) is 5.35. The lowest BCUT2D eigenvalue weighted by Crippen LogP contribution is -2.35. The van der Waals surface area contributed by atoms with Gasteiger partial charge in [-0.25, -0.2) is 4.98 Å². The number of hydrogen-bond acceptors (Lipinski definition) is 3. The summed E-state index contributed by atoms with van der Waals surface area (Å²) in [7, 11) is 0. The summed E-state index contributed by atoms with van der Waals surface area (Å²) in [6.45, 7) is 8.44. The maximum Gasteiger partial charge on any atom is 0.122 e. The van der Waals surface area contributed by atoms with E-state index in [0.29, 0.717) is 0 Å². The summed E-state index contributed by atoms with van der Waals surface area (Å²) >= 11 is 1.90. The van der Waals surface area contributed by atoms with Crippen molar-refractivity contribution in [1.29, 1.82) is 0 Å². The van der Waals surface area contributed by atoms with Crippen molar-refractivity contribution in [2.45, 2.75) is 45.8 Å². The van der Waals surface area contributed by atoms with Crippen molar-refractivity contribution in [1.82, 2.24) is 14.9 Å². The van der Waals surface area contributed by atoms with E-state index in [1.165, 1.54) is 12.2 Å². The van der Waals surface area contributed by atoms with E-state index in [1.807, 2.05) is 18.0 Å². The number of nitrogens with zero attached hydrogens (tertiary/aromatic N) is 2. The van der Waals surface area contributed by atoms with E-state index < -0.39 is 0 Å². The summed E-state index contributed by atoms with van der Waals surface area (Å²) in [5.74, 6) is 2.35. The highest BCUT2D eigenvalue weighted by Crippen LogP contribution is 2.05. The van der Waals surface area contributed by atoms with Crippen LogP contribution in [0, 0.1) is 0 Å². The lowest BCUT2D eigenvalue weighted by Gasteiger charge is -2.20. The van der Waals surface area contributed by atoms with Gasteiger partial charge >= 0.3 is 0 Å². The molecule has 0 bridgehead atoms. The predicted molar refractivity (Wildman–Crippen MR) is 71.8 cm³/mol. The standard InChI is InChI=1S/C12H23N3S/c1-12(2,3)14-10-11-13-6-8-15(11)7-5-9-16-4/h6,8,14H,5,7,9-10H2,1-4H3. The molecule has 0 fully saturated rings. The SMILES string of the molecule is CSCCCn1ccnc1CNC(C)(C)C. The number of aromatic nitrogens is 2.